The Balaban J connectivity index is 1.38. The third kappa shape index (κ3) is 7.83. The van der Waals surface area contributed by atoms with Gasteiger partial charge in [-0.3, -0.25) is 9.59 Å². The van der Waals surface area contributed by atoms with Crippen LogP contribution in [0, 0.1) is 0 Å². The number of para-hydroxylation sites is 2. The van der Waals surface area contributed by atoms with Gasteiger partial charge in [0, 0.05) is 13.1 Å². The molecule has 11 heteroatoms. The van der Waals surface area contributed by atoms with E-state index in [-0.39, 0.29) is 28.9 Å². The molecule has 1 atom stereocenters. The minimum atomic E-state index is -4.20. The monoisotopic (exact) mass is 647 g/mol. The predicted molar refractivity (Wildman–Crippen MR) is 173 cm³/mol. The van der Waals surface area contributed by atoms with Gasteiger partial charge in [-0.05, 0) is 54.8 Å². The van der Waals surface area contributed by atoms with Gasteiger partial charge in [-0.25, -0.2) is 8.42 Å². The number of carbonyl (C=O) groups is 2. The molecule has 5 rings (SSSR count). The van der Waals surface area contributed by atoms with Crippen LogP contribution < -0.4 is 19.7 Å². The number of anilines is 1. The first-order valence-corrected chi connectivity index (χ1v) is 16.4. The van der Waals surface area contributed by atoms with Gasteiger partial charge in [0.25, 0.3) is 5.91 Å². The fourth-order valence-corrected chi connectivity index (χ4v) is 6.71. The van der Waals surface area contributed by atoms with Crippen molar-refractivity contribution in [1.82, 2.24) is 9.62 Å². The molecule has 0 saturated heterocycles. The number of carbonyl (C=O) groups excluding carboxylic acids is 2. The van der Waals surface area contributed by atoms with E-state index in [2.05, 4.69) is 5.32 Å². The van der Waals surface area contributed by atoms with Gasteiger partial charge in [0.1, 0.15) is 11.5 Å². The first-order valence-electron chi connectivity index (χ1n) is 14.6. The average molecular weight is 648 g/mol. The van der Waals surface area contributed by atoms with E-state index >= 15 is 0 Å². The van der Waals surface area contributed by atoms with Gasteiger partial charge >= 0.3 is 0 Å². The number of nitrogens with one attached hydrogen (secondary N) is 1. The first kappa shape index (κ1) is 32.0. The van der Waals surface area contributed by atoms with Crippen molar-refractivity contribution in [3.8, 4) is 11.5 Å². The van der Waals surface area contributed by atoms with Crippen molar-refractivity contribution in [2.75, 3.05) is 31.1 Å². The molecule has 9 nitrogen and oxygen atoms in total. The number of nitrogens with zero attached hydrogens (tertiary/aromatic N) is 2. The van der Waals surface area contributed by atoms with Crippen LogP contribution in [0.5, 0.6) is 11.5 Å². The summed E-state index contributed by atoms with van der Waals surface area (Å²) < 4.78 is 40.6. The molecule has 0 saturated carbocycles. The molecule has 234 valence electrons. The van der Waals surface area contributed by atoms with Crippen LogP contribution in [-0.4, -0.2) is 56.9 Å². The largest absolute Gasteiger partial charge is 0.492 e. The third-order valence-electron chi connectivity index (χ3n) is 7.28. The Labute approximate surface area is 268 Å². The summed E-state index contributed by atoms with van der Waals surface area (Å²) in [4.78, 5) is 28.5. The Hall–Kier alpha value is -4.38. The lowest BCUT2D eigenvalue weighted by molar-refractivity contribution is -0.128. The minimum Gasteiger partial charge on any atom is -0.492 e. The quantitative estimate of drug-likeness (QED) is 0.230. The van der Waals surface area contributed by atoms with Crippen LogP contribution >= 0.6 is 11.6 Å². The molecular formula is C34H34ClN3O6S. The van der Waals surface area contributed by atoms with Crippen LogP contribution in [-0.2, 0) is 32.6 Å². The summed E-state index contributed by atoms with van der Waals surface area (Å²) in [5.41, 5.74) is 2.24. The Morgan fingerprint density at radius 2 is 1.62 bits per heavy atom. The Morgan fingerprint density at radius 1 is 0.956 bits per heavy atom. The second kappa shape index (κ2) is 14.6. The summed E-state index contributed by atoms with van der Waals surface area (Å²) in [6, 6.07) is 29.9. The van der Waals surface area contributed by atoms with Crippen LogP contribution in [0.3, 0.4) is 0 Å². The second-order valence-corrected chi connectivity index (χ2v) is 12.7. The van der Waals surface area contributed by atoms with E-state index in [1.165, 1.54) is 23.1 Å². The molecule has 2 amide bonds. The number of fused-ring (bicyclic) bond motifs is 1. The minimum absolute atomic E-state index is 0.0604. The fraction of sp³-hybridized carbons (Fsp3) is 0.235. The van der Waals surface area contributed by atoms with Crippen molar-refractivity contribution in [2.45, 2.75) is 30.9 Å². The van der Waals surface area contributed by atoms with Crippen LogP contribution in [0.1, 0.15) is 18.1 Å². The molecule has 1 N–H and O–H groups in total. The van der Waals surface area contributed by atoms with Crippen molar-refractivity contribution in [3.63, 3.8) is 0 Å². The molecule has 0 aromatic heterocycles. The normalized spacial score (nSPS) is 14.4. The van der Waals surface area contributed by atoms with Gasteiger partial charge < -0.3 is 19.7 Å². The van der Waals surface area contributed by atoms with E-state index in [0.29, 0.717) is 42.3 Å². The molecule has 0 bridgehead atoms. The van der Waals surface area contributed by atoms with Gasteiger partial charge in [-0.2, -0.15) is 4.31 Å². The number of rotatable bonds is 12. The van der Waals surface area contributed by atoms with E-state index < -0.39 is 28.6 Å². The van der Waals surface area contributed by atoms with Crippen LogP contribution in [0.4, 0.5) is 5.69 Å². The lowest BCUT2D eigenvalue weighted by atomic mass is 10.1. The zero-order valence-electron chi connectivity index (χ0n) is 24.8. The molecule has 1 heterocycles. The number of sulfonamides is 1. The SMILES string of the molecule is CCOc1ccc(S(=O)(=O)N(CC(=O)N2CC(C(=O)NCCc3ccccc3)Oc3ccccc32)Cc2ccccc2)cc1Cl. The summed E-state index contributed by atoms with van der Waals surface area (Å²) in [6.45, 7) is 1.94. The maximum Gasteiger partial charge on any atom is 0.262 e. The summed E-state index contributed by atoms with van der Waals surface area (Å²) in [6.07, 6.45) is -0.343. The van der Waals surface area contributed by atoms with Crippen molar-refractivity contribution in [2.24, 2.45) is 0 Å². The highest BCUT2D eigenvalue weighted by atomic mass is 35.5. The number of halogens is 1. The molecule has 4 aromatic rings. The molecule has 45 heavy (non-hydrogen) atoms. The lowest BCUT2D eigenvalue weighted by Crippen LogP contribution is -2.53. The van der Waals surface area contributed by atoms with E-state index in [4.69, 9.17) is 21.1 Å². The molecule has 0 spiro atoms. The summed E-state index contributed by atoms with van der Waals surface area (Å²) >= 11 is 6.34. The summed E-state index contributed by atoms with van der Waals surface area (Å²) in [5, 5.41) is 3.04. The average Bonchev–Trinajstić information content (AvgIpc) is 3.05. The molecule has 0 aliphatic carbocycles. The number of amides is 2. The summed E-state index contributed by atoms with van der Waals surface area (Å²) in [5.74, 6) is -0.154. The van der Waals surface area contributed by atoms with E-state index in [1.54, 1.807) is 55.5 Å². The zero-order chi connectivity index (χ0) is 31.8. The molecule has 0 radical (unpaired) electrons. The second-order valence-electron chi connectivity index (χ2n) is 10.4. The lowest BCUT2D eigenvalue weighted by Gasteiger charge is -2.35. The van der Waals surface area contributed by atoms with Gasteiger partial charge in [-0.15, -0.1) is 0 Å². The molecular weight excluding hydrogens is 614 g/mol. The maximum absolute atomic E-state index is 14.0. The molecule has 4 aromatic carbocycles. The standard InChI is InChI=1S/C34H34ClN3O6S/c1-2-43-30-18-17-27(21-28(30)35)45(41,42)37(22-26-13-7-4-8-14-26)24-33(39)38-23-32(44-31-16-10-9-15-29(31)38)34(40)36-20-19-25-11-5-3-6-12-25/h3-18,21,32H,2,19-20,22-24H2,1H3,(H,36,40). The number of ether oxygens (including phenoxy) is 2. The van der Waals surface area contributed by atoms with E-state index in [1.807, 2.05) is 36.4 Å². The van der Waals surface area contributed by atoms with Crippen molar-refractivity contribution in [1.29, 1.82) is 0 Å². The Kier molecular flexibility index (Phi) is 10.4. The third-order valence-corrected chi connectivity index (χ3v) is 9.36. The number of hydrogen-bond acceptors (Lipinski definition) is 6. The van der Waals surface area contributed by atoms with Gasteiger partial charge in [0.05, 0.1) is 35.3 Å². The predicted octanol–water partition coefficient (Wildman–Crippen LogP) is 5.08. The summed E-state index contributed by atoms with van der Waals surface area (Å²) in [7, 11) is -4.20. The van der Waals surface area contributed by atoms with Crippen LogP contribution in [0.25, 0.3) is 0 Å². The maximum atomic E-state index is 14.0. The molecule has 1 unspecified atom stereocenters. The van der Waals surface area contributed by atoms with Crippen molar-refractivity contribution < 1.29 is 27.5 Å². The number of hydrogen-bond donors (Lipinski definition) is 1. The number of benzene rings is 4. The van der Waals surface area contributed by atoms with E-state index in [0.717, 1.165) is 9.87 Å². The van der Waals surface area contributed by atoms with E-state index in [9.17, 15) is 18.0 Å². The van der Waals surface area contributed by atoms with Gasteiger partial charge in [0.15, 0.2) is 6.10 Å². The smallest absolute Gasteiger partial charge is 0.262 e. The highest BCUT2D eigenvalue weighted by molar-refractivity contribution is 7.89. The van der Waals surface area contributed by atoms with Crippen LogP contribution in [0.2, 0.25) is 5.02 Å². The van der Waals surface area contributed by atoms with Gasteiger partial charge in [0.2, 0.25) is 15.9 Å². The van der Waals surface area contributed by atoms with Gasteiger partial charge in [-0.1, -0.05) is 84.4 Å². The topological polar surface area (TPSA) is 105 Å². The van der Waals surface area contributed by atoms with Crippen LogP contribution in [0.15, 0.2) is 108 Å². The van der Waals surface area contributed by atoms with Crippen molar-refractivity contribution >= 4 is 39.1 Å². The fourth-order valence-electron chi connectivity index (χ4n) is 5.01. The first-order chi connectivity index (χ1) is 21.8. The molecule has 0 fully saturated rings. The Morgan fingerprint density at radius 3 is 2.31 bits per heavy atom. The zero-order valence-corrected chi connectivity index (χ0v) is 26.3. The highest BCUT2D eigenvalue weighted by Gasteiger charge is 2.36. The molecule has 1 aliphatic rings. The highest BCUT2D eigenvalue weighted by Crippen LogP contribution is 2.34. The Bertz CT molecular complexity index is 1740. The molecule has 1 aliphatic heterocycles. The van der Waals surface area contributed by atoms with Crippen molar-refractivity contribution in [3.05, 3.63) is 119 Å².